The lowest BCUT2D eigenvalue weighted by Gasteiger charge is -2.12. The number of benzene rings is 1. The number of hydrogen-bond donors (Lipinski definition) is 4. The second-order valence-electron chi connectivity index (χ2n) is 4.18. The highest BCUT2D eigenvalue weighted by atomic mass is 16.4. The summed E-state index contributed by atoms with van der Waals surface area (Å²) in [7, 11) is 0. The SMILES string of the molecule is NC(=O)C(O)CNc1nc(C(=O)O)cc2ccccc12. The van der Waals surface area contributed by atoms with Crippen LogP contribution in [0.3, 0.4) is 0 Å². The highest BCUT2D eigenvalue weighted by Gasteiger charge is 2.14. The van der Waals surface area contributed by atoms with Crippen LogP contribution < -0.4 is 11.1 Å². The number of aromatic carboxylic acids is 1. The van der Waals surface area contributed by atoms with Crippen molar-refractivity contribution in [2.24, 2.45) is 5.73 Å². The Labute approximate surface area is 114 Å². The zero-order chi connectivity index (χ0) is 14.7. The number of carbonyl (C=O) groups is 2. The van der Waals surface area contributed by atoms with Crippen LogP contribution in [0.15, 0.2) is 30.3 Å². The number of primary amides is 1. The van der Waals surface area contributed by atoms with Gasteiger partial charge in [-0.15, -0.1) is 0 Å². The predicted molar refractivity (Wildman–Crippen MR) is 72.4 cm³/mol. The molecule has 20 heavy (non-hydrogen) atoms. The summed E-state index contributed by atoms with van der Waals surface area (Å²) in [6.07, 6.45) is -1.37. The van der Waals surface area contributed by atoms with E-state index in [4.69, 9.17) is 10.8 Å². The zero-order valence-electron chi connectivity index (χ0n) is 10.4. The number of pyridine rings is 1. The fourth-order valence-corrected chi connectivity index (χ4v) is 1.74. The third-order valence-corrected chi connectivity index (χ3v) is 2.75. The van der Waals surface area contributed by atoms with Gasteiger partial charge < -0.3 is 21.3 Å². The molecule has 0 aliphatic heterocycles. The summed E-state index contributed by atoms with van der Waals surface area (Å²) in [5, 5.41) is 22.5. The molecule has 0 saturated carbocycles. The predicted octanol–water partition coefficient (Wildman–Crippen LogP) is 0.191. The first-order chi connectivity index (χ1) is 9.49. The molecule has 1 amide bonds. The maximum atomic E-state index is 11.0. The lowest BCUT2D eigenvalue weighted by molar-refractivity contribution is -0.125. The summed E-state index contributed by atoms with van der Waals surface area (Å²) in [4.78, 5) is 25.8. The second kappa shape index (κ2) is 5.54. The van der Waals surface area contributed by atoms with Gasteiger partial charge in [0.2, 0.25) is 5.91 Å². The van der Waals surface area contributed by atoms with Gasteiger partial charge in [0.25, 0.3) is 0 Å². The standard InChI is InChI=1S/C13H13N3O4/c14-11(18)10(17)6-15-12-8-4-2-1-3-7(8)5-9(16-12)13(19)20/h1-5,10,17H,6H2,(H2,14,18)(H,15,16)(H,19,20). The van der Waals surface area contributed by atoms with Crippen LogP contribution in [0.1, 0.15) is 10.5 Å². The number of amides is 1. The Morgan fingerprint density at radius 1 is 1.35 bits per heavy atom. The maximum absolute atomic E-state index is 11.0. The molecule has 0 spiro atoms. The second-order valence-corrected chi connectivity index (χ2v) is 4.18. The normalized spacial score (nSPS) is 12.1. The number of aliphatic hydroxyl groups is 1. The van der Waals surface area contributed by atoms with Crippen molar-refractivity contribution in [3.8, 4) is 0 Å². The number of anilines is 1. The summed E-state index contributed by atoms with van der Waals surface area (Å²) in [6.45, 7) is -0.143. The number of aromatic nitrogens is 1. The molecule has 1 unspecified atom stereocenters. The first-order valence-corrected chi connectivity index (χ1v) is 5.83. The van der Waals surface area contributed by atoms with Crippen LogP contribution in [0.2, 0.25) is 0 Å². The van der Waals surface area contributed by atoms with E-state index in [9.17, 15) is 14.7 Å². The van der Waals surface area contributed by atoms with Crippen LogP contribution in [0.25, 0.3) is 10.8 Å². The van der Waals surface area contributed by atoms with Crippen molar-refractivity contribution in [2.45, 2.75) is 6.10 Å². The summed E-state index contributed by atoms with van der Waals surface area (Å²) in [5.41, 5.74) is 4.82. The third-order valence-electron chi connectivity index (χ3n) is 2.75. The molecule has 0 radical (unpaired) electrons. The lowest BCUT2D eigenvalue weighted by atomic mass is 10.1. The van der Waals surface area contributed by atoms with Gasteiger partial charge in [0, 0.05) is 5.39 Å². The average Bonchev–Trinajstić information content (AvgIpc) is 2.43. The first kappa shape index (κ1) is 13.8. The summed E-state index contributed by atoms with van der Waals surface area (Å²) in [5.74, 6) is -1.74. The molecule has 5 N–H and O–H groups in total. The number of rotatable bonds is 5. The highest BCUT2D eigenvalue weighted by molar-refractivity contribution is 5.97. The fourth-order valence-electron chi connectivity index (χ4n) is 1.74. The smallest absolute Gasteiger partial charge is 0.354 e. The fraction of sp³-hybridized carbons (Fsp3) is 0.154. The molecule has 0 bridgehead atoms. The van der Waals surface area contributed by atoms with Crippen LogP contribution in [-0.2, 0) is 4.79 Å². The molecule has 0 aliphatic carbocycles. The number of aliphatic hydroxyl groups excluding tert-OH is 1. The van der Waals surface area contributed by atoms with Crippen LogP contribution in [0.4, 0.5) is 5.82 Å². The Bertz CT molecular complexity index is 672. The molecule has 2 rings (SSSR count). The van der Waals surface area contributed by atoms with Gasteiger partial charge >= 0.3 is 5.97 Å². The Hall–Kier alpha value is -2.67. The number of nitrogens with two attached hydrogens (primary N) is 1. The van der Waals surface area contributed by atoms with E-state index in [1.165, 1.54) is 6.07 Å². The Morgan fingerprint density at radius 2 is 2.05 bits per heavy atom. The van der Waals surface area contributed by atoms with Gasteiger partial charge in [0.1, 0.15) is 11.9 Å². The zero-order valence-corrected chi connectivity index (χ0v) is 10.4. The summed E-state index contributed by atoms with van der Waals surface area (Å²) >= 11 is 0. The molecule has 1 aromatic carbocycles. The number of nitrogens with one attached hydrogen (secondary N) is 1. The number of hydrogen-bond acceptors (Lipinski definition) is 5. The molecular formula is C13H13N3O4. The van der Waals surface area contributed by atoms with Crippen molar-refractivity contribution >= 4 is 28.5 Å². The number of carboxylic acid groups (broad SMARTS) is 1. The largest absolute Gasteiger partial charge is 0.477 e. The molecule has 1 heterocycles. The van der Waals surface area contributed by atoms with Crippen LogP contribution in [0, 0.1) is 0 Å². The number of carbonyl (C=O) groups excluding carboxylic acids is 1. The van der Waals surface area contributed by atoms with Gasteiger partial charge in [-0.3, -0.25) is 4.79 Å². The van der Waals surface area contributed by atoms with Crippen LogP contribution >= 0.6 is 0 Å². The van der Waals surface area contributed by atoms with E-state index in [0.29, 0.717) is 10.8 Å². The molecular weight excluding hydrogens is 262 g/mol. The van der Waals surface area contributed by atoms with Gasteiger partial charge in [0.15, 0.2) is 5.69 Å². The van der Waals surface area contributed by atoms with Crippen molar-refractivity contribution in [3.05, 3.63) is 36.0 Å². The minimum Gasteiger partial charge on any atom is -0.477 e. The van der Waals surface area contributed by atoms with E-state index in [2.05, 4.69) is 10.3 Å². The molecule has 7 nitrogen and oxygen atoms in total. The minimum atomic E-state index is -1.37. The molecule has 1 aromatic heterocycles. The van der Waals surface area contributed by atoms with E-state index in [1.54, 1.807) is 24.3 Å². The molecule has 104 valence electrons. The molecule has 2 aromatic rings. The molecule has 0 fully saturated rings. The van der Waals surface area contributed by atoms with Gasteiger partial charge in [-0.1, -0.05) is 24.3 Å². The third kappa shape index (κ3) is 2.83. The number of nitrogens with zero attached hydrogens (tertiary/aromatic N) is 1. The van der Waals surface area contributed by atoms with Gasteiger partial charge in [0.05, 0.1) is 6.54 Å². The van der Waals surface area contributed by atoms with E-state index in [-0.39, 0.29) is 18.1 Å². The van der Waals surface area contributed by atoms with Gasteiger partial charge in [-0.2, -0.15) is 0 Å². The Balaban J connectivity index is 2.39. The minimum absolute atomic E-state index is 0.125. The van der Waals surface area contributed by atoms with Crippen molar-refractivity contribution in [2.75, 3.05) is 11.9 Å². The Morgan fingerprint density at radius 3 is 2.70 bits per heavy atom. The van der Waals surface area contributed by atoms with E-state index < -0.39 is 18.0 Å². The molecule has 1 atom stereocenters. The monoisotopic (exact) mass is 275 g/mol. The van der Waals surface area contributed by atoms with Crippen LogP contribution in [0.5, 0.6) is 0 Å². The van der Waals surface area contributed by atoms with Crippen molar-refractivity contribution in [1.29, 1.82) is 0 Å². The van der Waals surface area contributed by atoms with Crippen molar-refractivity contribution in [1.82, 2.24) is 4.98 Å². The lowest BCUT2D eigenvalue weighted by Crippen LogP contribution is -2.34. The first-order valence-electron chi connectivity index (χ1n) is 5.83. The molecule has 0 saturated heterocycles. The number of carboxylic acids is 1. The van der Waals surface area contributed by atoms with Gasteiger partial charge in [-0.25, -0.2) is 9.78 Å². The average molecular weight is 275 g/mol. The van der Waals surface area contributed by atoms with E-state index >= 15 is 0 Å². The Kier molecular flexibility index (Phi) is 3.81. The quantitative estimate of drug-likeness (QED) is 0.617. The van der Waals surface area contributed by atoms with E-state index in [0.717, 1.165) is 0 Å². The van der Waals surface area contributed by atoms with Crippen molar-refractivity contribution < 1.29 is 19.8 Å². The highest BCUT2D eigenvalue weighted by Crippen LogP contribution is 2.22. The topological polar surface area (TPSA) is 126 Å². The molecule has 7 heteroatoms. The molecule has 0 aliphatic rings. The van der Waals surface area contributed by atoms with E-state index in [1.807, 2.05) is 0 Å². The summed E-state index contributed by atoms with van der Waals surface area (Å²) < 4.78 is 0. The van der Waals surface area contributed by atoms with Gasteiger partial charge in [-0.05, 0) is 11.5 Å². The summed E-state index contributed by atoms with van der Waals surface area (Å²) in [6, 6.07) is 8.51. The maximum Gasteiger partial charge on any atom is 0.354 e. The van der Waals surface area contributed by atoms with Crippen molar-refractivity contribution in [3.63, 3.8) is 0 Å². The number of fused-ring (bicyclic) bond motifs is 1. The van der Waals surface area contributed by atoms with Crippen LogP contribution in [-0.4, -0.2) is 39.7 Å².